The van der Waals surface area contributed by atoms with E-state index < -0.39 is 5.91 Å². The number of halogens is 3. The maximum absolute atomic E-state index is 12.2. The molecule has 0 radical (unpaired) electrons. The van der Waals surface area contributed by atoms with E-state index in [1.165, 1.54) is 22.1 Å². The molecule has 8 nitrogen and oxygen atoms in total. The highest BCUT2D eigenvalue weighted by Gasteiger charge is 2.15. The van der Waals surface area contributed by atoms with Crippen LogP contribution in [0.15, 0.2) is 47.8 Å². The van der Waals surface area contributed by atoms with Crippen LogP contribution >= 0.6 is 46.1 Å². The van der Waals surface area contributed by atoms with Gasteiger partial charge in [-0.25, -0.2) is 4.98 Å². The number of nitrogen functional groups attached to an aromatic ring is 1. The molecule has 2 aromatic carbocycles. The lowest BCUT2D eigenvalue weighted by Gasteiger charge is -2.07. The number of ether oxygens (including phenoxy) is 1. The molecule has 0 aliphatic carbocycles. The van der Waals surface area contributed by atoms with Gasteiger partial charge < -0.3 is 10.5 Å². The van der Waals surface area contributed by atoms with E-state index in [1.807, 2.05) is 17.5 Å². The highest BCUT2D eigenvalue weighted by Crippen LogP contribution is 2.28. The first-order chi connectivity index (χ1) is 14.9. The first-order valence-electron chi connectivity index (χ1n) is 8.71. The number of nitrogens with two attached hydrogens (primary N) is 1. The van der Waals surface area contributed by atoms with Crippen molar-refractivity contribution < 1.29 is 9.53 Å². The molecule has 0 fully saturated rings. The molecular formula is C19H13Cl3N6O2S. The monoisotopic (exact) mass is 494 g/mol. The second-order valence-corrected chi connectivity index (χ2v) is 8.26. The van der Waals surface area contributed by atoms with Crippen molar-refractivity contribution >= 4 is 63.9 Å². The minimum atomic E-state index is -0.482. The van der Waals surface area contributed by atoms with Gasteiger partial charge in [0.1, 0.15) is 5.75 Å². The summed E-state index contributed by atoms with van der Waals surface area (Å²) in [5, 5.41) is 10.5. The second-order valence-electron chi connectivity index (χ2n) is 6.14. The Morgan fingerprint density at radius 1 is 1.10 bits per heavy atom. The summed E-state index contributed by atoms with van der Waals surface area (Å²) in [5.74, 6) is -0.0496. The van der Waals surface area contributed by atoms with Gasteiger partial charge in [0.25, 0.3) is 11.9 Å². The van der Waals surface area contributed by atoms with Crippen LogP contribution in [0.5, 0.6) is 5.75 Å². The number of benzene rings is 2. The van der Waals surface area contributed by atoms with Gasteiger partial charge in [-0.3, -0.25) is 10.1 Å². The van der Waals surface area contributed by atoms with Gasteiger partial charge in [0.15, 0.2) is 6.61 Å². The molecule has 0 saturated heterocycles. The Kier molecular flexibility index (Phi) is 6.28. The van der Waals surface area contributed by atoms with E-state index in [1.54, 1.807) is 24.3 Å². The summed E-state index contributed by atoms with van der Waals surface area (Å²) in [4.78, 5) is 20.8. The number of nitrogens with zero attached hydrogens (tertiary/aromatic N) is 4. The van der Waals surface area contributed by atoms with Gasteiger partial charge in [-0.1, -0.05) is 46.9 Å². The van der Waals surface area contributed by atoms with Crippen molar-refractivity contribution in [3.8, 4) is 22.1 Å². The van der Waals surface area contributed by atoms with E-state index in [4.69, 9.17) is 45.3 Å². The Balaban J connectivity index is 1.43. The summed E-state index contributed by atoms with van der Waals surface area (Å²) in [6.07, 6.45) is 0. The molecule has 4 rings (SSSR count). The van der Waals surface area contributed by atoms with Crippen molar-refractivity contribution in [2.24, 2.45) is 0 Å². The van der Waals surface area contributed by atoms with E-state index in [-0.39, 0.29) is 18.5 Å². The molecule has 3 N–H and O–H groups in total. The Bertz CT molecular complexity index is 1240. The third-order valence-corrected chi connectivity index (χ3v) is 5.55. The molecule has 1 amide bonds. The van der Waals surface area contributed by atoms with Crippen LogP contribution in [-0.2, 0) is 4.79 Å². The average molecular weight is 496 g/mol. The fourth-order valence-electron chi connectivity index (χ4n) is 2.53. The molecule has 4 aromatic rings. The molecule has 2 aromatic heterocycles. The number of anilines is 2. The number of thiazole rings is 1. The fraction of sp³-hybridized carbons (Fsp3) is 0.0526. The van der Waals surface area contributed by atoms with Crippen LogP contribution in [0.2, 0.25) is 15.1 Å². The zero-order valence-corrected chi connectivity index (χ0v) is 18.6. The Labute approximate surface area is 195 Å². The second kappa shape index (κ2) is 9.11. The first-order valence-corrected chi connectivity index (χ1v) is 10.7. The van der Waals surface area contributed by atoms with Crippen molar-refractivity contribution in [1.82, 2.24) is 19.7 Å². The number of carbonyl (C=O) groups is 1. The van der Waals surface area contributed by atoms with Crippen LogP contribution in [0.25, 0.3) is 16.4 Å². The smallest absolute Gasteiger partial charge is 0.264 e. The van der Waals surface area contributed by atoms with Gasteiger partial charge in [0.05, 0.1) is 10.7 Å². The lowest BCUT2D eigenvalue weighted by molar-refractivity contribution is -0.118. The largest absolute Gasteiger partial charge is 0.482 e. The lowest BCUT2D eigenvalue weighted by Crippen LogP contribution is -2.21. The number of amides is 1. The van der Waals surface area contributed by atoms with Crippen LogP contribution < -0.4 is 15.8 Å². The van der Waals surface area contributed by atoms with Crippen LogP contribution in [0.3, 0.4) is 0 Å². The van der Waals surface area contributed by atoms with Crippen LogP contribution in [0, 0.1) is 0 Å². The van der Waals surface area contributed by atoms with Gasteiger partial charge in [0, 0.05) is 21.0 Å². The zero-order chi connectivity index (χ0) is 22.0. The summed E-state index contributed by atoms with van der Waals surface area (Å²) in [5.41, 5.74) is 7.58. The number of nitrogens with one attached hydrogen (secondary N) is 1. The number of rotatable bonds is 6. The van der Waals surface area contributed by atoms with Crippen molar-refractivity contribution in [3.63, 3.8) is 0 Å². The van der Waals surface area contributed by atoms with E-state index in [0.29, 0.717) is 25.9 Å². The van der Waals surface area contributed by atoms with Crippen LogP contribution in [0.4, 0.5) is 11.9 Å². The molecule has 0 aliphatic rings. The maximum atomic E-state index is 12.2. The maximum Gasteiger partial charge on any atom is 0.264 e. The summed E-state index contributed by atoms with van der Waals surface area (Å²) in [7, 11) is 0. The van der Waals surface area contributed by atoms with Gasteiger partial charge >= 0.3 is 0 Å². The van der Waals surface area contributed by atoms with E-state index in [0.717, 1.165) is 11.3 Å². The van der Waals surface area contributed by atoms with E-state index in [2.05, 4.69) is 20.4 Å². The fourth-order valence-corrected chi connectivity index (χ4v) is 3.91. The van der Waals surface area contributed by atoms with E-state index in [9.17, 15) is 4.79 Å². The third kappa shape index (κ3) is 5.08. The minimum Gasteiger partial charge on any atom is -0.482 e. The summed E-state index contributed by atoms with van der Waals surface area (Å²) >= 11 is 19.1. The molecule has 0 bridgehead atoms. The van der Waals surface area contributed by atoms with Crippen molar-refractivity contribution in [3.05, 3.63) is 62.9 Å². The molecule has 158 valence electrons. The molecule has 0 saturated carbocycles. The average Bonchev–Trinajstić information content (AvgIpc) is 3.34. The highest BCUT2D eigenvalue weighted by atomic mass is 35.5. The van der Waals surface area contributed by atoms with Crippen LogP contribution in [-0.4, -0.2) is 32.3 Å². The third-order valence-electron chi connectivity index (χ3n) is 3.95. The Morgan fingerprint density at radius 2 is 1.84 bits per heavy atom. The first kappa shape index (κ1) is 21.4. The molecule has 0 atom stereocenters. The standard InChI is InChI=1S/C19H13Cl3N6O2S/c20-11-3-1-10(2-4-11)14-9-31-19(24-14)28-17(23)26-18(27-28)25-16(29)8-30-15-6-5-12(21)7-13(15)22/h1-7,9H,8H2,(H3,23,25,26,27,29). The normalized spacial score (nSPS) is 10.8. The van der Waals surface area contributed by atoms with Crippen molar-refractivity contribution in [2.75, 3.05) is 17.7 Å². The minimum absolute atomic E-state index is 0.0246. The molecular weight excluding hydrogens is 483 g/mol. The highest BCUT2D eigenvalue weighted by molar-refractivity contribution is 7.12. The molecule has 31 heavy (non-hydrogen) atoms. The molecule has 2 heterocycles. The SMILES string of the molecule is Nc1nc(NC(=O)COc2ccc(Cl)cc2Cl)nn1-c1nc(-c2ccc(Cl)cc2)cs1. The van der Waals surface area contributed by atoms with E-state index >= 15 is 0 Å². The molecule has 12 heteroatoms. The molecule has 0 spiro atoms. The van der Waals surface area contributed by atoms with Crippen molar-refractivity contribution in [2.45, 2.75) is 0 Å². The number of hydrogen-bond acceptors (Lipinski definition) is 7. The zero-order valence-electron chi connectivity index (χ0n) is 15.6. The quantitative estimate of drug-likeness (QED) is 0.392. The molecule has 0 unspecified atom stereocenters. The van der Waals surface area contributed by atoms with Crippen molar-refractivity contribution in [1.29, 1.82) is 0 Å². The number of carbonyl (C=O) groups excluding carboxylic acids is 1. The van der Waals surface area contributed by atoms with Crippen LogP contribution in [0.1, 0.15) is 0 Å². The topological polar surface area (TPSA) is 108 Å². The number of aromatic nitrogens is 4. The van der Waals surface area contributed by atoms with Gasteiger partial charge in [-0.05, 0) is 30.3 Å². The number of hydrogen-bond donors (Lipinski definition) is 2. The Hall–Kier alpha value is -2.85. The lowest BCUT2D eigenvalue weighted by atomic mass is 10.2. The Morgan fingerprint density at radius 3 is 2.58 bits per heavy atom. The molecule has 0 aliphatic heterocycles. The van der Waals surface area contributed by atoms with Gasteiger partial charge in [-0.2, -0.15) is 9.67 Å². The van der Waals surface area contributed by atoms with Gasteiger partial charge in [0.2, 0.25) is 11.1 Å². The summed E-state index contributed by atoms with van der Waals surface area (Å²) in [6.45, 7) is -0.298. The predicted octanol–water partition coefficient (Wildman–Crippen LogP) is 4.95. The predicted molar refractivity (Wildman–Crippen MR) is 122 cm³/mol. The van der Waals surface area contributed by atoms with Gasteiger partial charge in [-0.15, -0.1) is 16.4 Å². The summed E-state index contributed by atoms with van der Waals surface area (Å²) < 4.78 is 6.74. The summed E-state index contributed by atoms with van der Waals surface area (Å²) in [6, 6.07) is 12.0.